The molecule has 3 heterocycles. The smallest absolute Gasteiger partial charge is 0.367 e. The van der Waals surface area contributed by atoms with E-state index in [2.05, 4.69) is 40.6 Å². The van der Waals surface area contributed by atoms with E-state index >= 15 is 0 Å². The number of hydrogen-bond acceptors (Lipinski definition) is 4. The first-order valence-electron chi connectivity index (χ1n) is 14.4. The maximum atomic E-state index is 13.5. The molecule has 1 aromatic heterocycles. The van der Waals surface area contributed by atoms with Crippen molar-refractivity contribution in [3.63, 3.8) is 0 Å². The molecular formula is C34H34ClF3N4O. The number of likely N-dealkylation sites (tertiary alicyclic amines) is 1. The van der Waals surface area contributed by atoms with E-state index in [4.69, 9.17) is 11.6 Å². The molecule has 4 aromatic rings. The van der Waals surface area contributed by atoms with Gasteiger partial charge in [-0.2, -0.15) is 13.2 Å². The van der Waals surface area contributed by atoms with Crippen LogP contribution in [0.15, 0.2) is 85.1 Å². The molecule has 1 amide bonds. The van der Waals surface area contributed by atoms with Crippen LogP contribution in [0, 0.1) is 6.92 Å². The number of anilines is 2. The molecule has 5 nitrogen and oxygen atoms in total. The van der Waals surface area contributed by atoms with Crippen molar-refractivity contribution in [2.45, 2.75) is 38.4 Å². The average molecular weight is 607 g/mol. The normalized spacial score (nSPS) is 15.2. The van der Waals surface area contributed by atoms with E-state index in [1.54, 1.807) is 6.20 Å². The molecule has 2 aliphatic rings. The van der Waals surface area contributed by atoms with Gasteiger partial charge in [0.05, 0.1) is 11.3 Å². The Morgan fingerprint density at radius 1 is 0.953 bits per heavy atom. The average Bonchev–Trinajstić information content (AvgIpc) is 3.01. The number of hydrogen-bond donors (Lipinski definition) is 1. The first kappa shape index (κ1) is 30.4. The number of nitrogens with one attached hydrogen (secondary N) is 1. The van der Waals surface area contributed by atoms with E-state index in [9.17, 15) is 18.0 Å². The van der Waals surface area contributed by atoms with Gasteiger partial charge in [-0.1, -0.05) is 71.8 Å². The Labute approximate surface area is 255 Å². The summed E-state index contributed by atoms with van der Waals surface area (Å²) in [6.07, 6.45) is 0.510. The van der Waals surface area contributed by atoms with Crippen LogP contribution in [0.4, 0.5) is 24.7 Å². The molecule has 0 unspecified atom stereocenters. The minimum atomic E-state index is -4.43. The zero-order valence-electron chi connectivity index (χ0n) is 23.9. The second-order valence-corrected chi connectivity index (χ2v) is 11.4. The van der Waals surface area contributed by atoms with Crippen LogP contribution in [-0.2, 0) is 17.5 Å². The molecular weight excluding hydrogens is 573 g/mol. The summed E-state index contributed by atoms with van der Waals surface area (Å²) >= 11 is 5.99. The third-order valence-corrected chi connectivity index (χ3v) is 8.15. The molecule has 0 spiro atoms. The predicted octanol–water partition coefficient (Wildman–Crippen LogP) is 8.18. The van der Waals surface area contributed by atoms with Crippen LogP contribution in [0.1, 0.15) is 41.0 Å². The summed E-state index contributed by atoms with van der Waals surface area (Å²) in [4.78, 5) is 18.8. The number of fused-ring (bicyclic) bond motifs is 1. The van der Waals surface area contributed by atoms with Crippen molar-refractivity contribution in [2.24, 2.45) is 0 Å². The Bertz CT molecular complexity index is 1540. The third kappa shape index (κ3) is 7.68. The van der Waals surface area contributed by atoms with Gasteiger partial charge in [-0.3, -0.25) is 4.79 Å². The highest BCUT2D eigenvalue weighted by molar-refractivity contribution is 6.30. The van der Waals surface area contributed by atoms with E-state index in [-0.39, 0.29) is 17.1 Å². The van der Waals surface area contributed by atoms with Crippen LogP contribution in [0.2, 0.25) is 5.02 Å². The van der Waals surface area contributed by atoms with Gasteiger partial charge in [0.2, 0.25) is 6.41 Å². The number of halogens is 4. The highest BCUT2D eigenvalue weighted by Crippen LogP contribution is 2.37. The standard InChI is InChI=1S/C22H19ClF3N3.C12H15NO/c1-14-3-2-4-15(9-14)16-11-20-21(28-12-16)27-7-8-29(20)13-17-10-18(23)5-6-19(17)22(24,25)26;14-10-13-8-6-12(7-9-13)11-4-2-1-3-5-11/h2-6,9-12H,7-8,13H2,1H3,(H,27,28);1-5,10,12H,6-9H2. The Balaban J connectivity index is 0.000000220. The van der Waals surface area contributed by atoms with E-state index in [0.29, 0.717) is 24.8 Å². The van der Waals surface area contributed by atoms with Crippen LogP contribution in [0.25, 0.3) is 11.1 Å². The fourth-order valence-corrected chi connectivity index (χ4v) is 5.84. The van der Waals surface area contributed by atoms with Gasteiger partial charge in [0.1, 0.15) is 5.82 Å². The number of nitrogens with zero attached hydrogens (tertiary/aromatic N) is 3. The summed E-state index contributed by atoms with van der Waals surface area (Å²) in [7, 11) is 0. The molecule has 1 saturated heterocycles. The number of aryl methyl sites for hydroxylation is 1. The summed E-state index contributed by atoms with van der Waals surface area (Å²) in [5.74, 6) is 1.32. The van der Waals surface area contributed by atoms with E-state index in [1.165, 1.54) is 17.7 Å². The predicted molar refractivity (Wildman–Crippen MR) is 166 cm³/mol. The molecule has 9 heteroatoms. The Morgan fingerprint density at radius 3 is 2.42 bits per heavy atom. The van der Waals surface area contributed by atoms with Crippen LogP contribution >= 0.6 is 11.6 Å². The summed E-state index contributed by atoms with van der Waals surface area (Å²) in [6.45, 7) is 5.09. The van der Waals surface area contributed by atoms with Gasteiger partial charge >= 0.3 is 6.18 Å². The number of carbonyl (C=O) groups excluding carboxylic acids is 1. The molecule has 3 aromatic carbocycles. The maximum Gasteiger partial charge on any atom is 0.416 e. The zero-order valence-corrected chi connectivity index (χ0v) is 24.7. The molecule has 0 atom stereocenters. The largest absolute Gasteiger partial charge is 0.416 e. The minimum Gasteiger partial charge on any atom is -0.367 e. The fourth-order valence-electron chi connectivity index (χ4n) is 5.65. The molecule has 0 bridgehead atoms. The van der Waals surface area contributed by atoms with Gasteiger partial charge in [-0.05, 0) is 66.6 Å². The van der Waals surface area contributed by atoms with Gasteiger partial charge in [-0.25, -0.2) is 4.98 Å². The lowest BCUT2D eigenvalue weighted by Crippen LogP contribution is -2.34. The molecule has 6 rings (SSSR count). The lowest BCUT2D eigenvalue weighted by atomic mass is 9.90. The van der Waals surface area contributed by atoms with Crippen LogP contribution < -0.4 is 10.2 Å². The number of carbonyl (C=O) groups is 1. The van der Waals surface area contributed by atoms with Gasteiger partial charge in [-0.15, -0.1) is 0 Å². The molecule has 0 saturated carbocycles. The lowest BCUT2D eigenvalue weighted by molar-refractivity contribution is -0.138. The van der Waals surface area contributed by atoms with Crippen LogP contribution in [0.3, 0.4) is 0 Å². The van der Waals surface area contributed by atoms with E-state index < -0.39 is 11.7 Å². The number of benzene rings is 3. The van der Waals surface area contributed by atoms with E-state index in [0.717, 1.165) is 60.8 Å². The second kappa shape index (κ2) is 13.5. The molecule has 224 valence electrons. The number of piperidine rings is 1. The van der Waals surface area contributed by atoms with Crippen molar-refractivity contribution in [3.8, 4) is 11.1 Å². The van der Waals surface area contributed by atoms with Crippen LogP contribution in [-0.4, -0.2) is 42.5 Å². The van der Waals surface area contributed by atoms with Crippen molar-refractivity contribution >= 4 is 29.5 Å². The summed E-state index contributed by atoms with van der Waals surface area (Å²) in [5.41, 5.74) is 4.75. The van der Waals surface area contributed by atoms with Crippen molar-refractivity contribution in [1.29, 1.82) is 0 Å². The molecule has 0 aliphatic carbocycles. The van der Waals surface area contributed by atoms with E-state index in [1.807, 2.05) is 47.1 Å². The topological polar surface area (TPSA) is 48.5 Å². The van der Waals surface area contributed by atoms with Crippen molar-refractivity contribution < 1.29 is 18.0 Å². The number of amides is 1. The molecule has 1 fully saturated rings. The van der Waals surface area contributed by atoms with Crippen molar-refractivity contribution in [3.05, 3.63) is 112 Å². The summed E-state index contributed by atoms with van der Waals surface area (Å²) < 4.78 is 40.4. The van der Waals surface area contributed by atoms with Crippen LogP contribution in [0.5, 0.6) is 0 Å². The molecule has 43 heavy (non-hydrogen) atoms. The zero-order chi connectivity index (χ0) is 30.4. The molecule has 2 aliphatic heterocycles. The maximum absolute atomic E-state index is 13.5. The van der Waals surface area contributed by atoms with Gasteiger partial charge < -0.3 is 15.1 Å². The van der Waals surface area contributed by atoms with Crippen molar-refractivity contribution in [2.75, 3.05) is 36.4 Å². The first-order chi connectivity index (χ1) is 20.7. The highest BCUT2D eigenvalue weighted by Gasteiger charge is 2.34. The number of rotatable bonds is 5. The van der Waals surface area contributed by atoms with Crippen molar-refractivity contribution in [1.82, 2.24) is 9.88 Å². The Morgan fingerprint density at radius 2 is 1.72 bits per heavy atom. The SMILES string of the molecule is Cc1cccc(-c2cnc3c(c2)N(Cc2cc(Cl)ccc2C(F)(F)F)CCN3)c1.O=CN1CCC(c2ccccc2)CC1. The number of aromatic nitrogens is 1. The highest BCUT2D eigenvalue weighted by atomic mass is 35.5. The Hall–Kier alpha value is -4.04. The quantitative estimate of drug-likeness (QED) is 0.233. The lowest BCUT2D eigenvalue weighted by Gasteiger charge is -2.32. The first-order valence-corrected chi connectivity index (χ1v) is 14.7. The van der Waals surface area contributed by atoms with Gasteiger partial charge in [0.25, 0.3) is 0 Å². The minimum absolute atomic E-state index is 0.100. The number of alkyl halides is 3. The molecule has 1 N–H and O–H groups in total. The number of pyridine rings is 1. The van der Waals surface area contributed by atoms with Gasteiger partial charge in [0.15, 0.2) is 0 Å². The second-order valence-electron chi connectivity index (χ2n) is 10.9. The summed E-state index contributed by atoms with van der Waals surface area (Å²) in [6, 6.07) is 24.3. The Kier molecular flexibility index (Phi) is 9.56. The summed E-state index contributed by atoms with van der Waals surface area (Å²) in [5, 5.41) is 3.51. The third-order valence-electron chi connectivity index (χ3n) is 7.92. The molecule has 0 radical (unpaired) electrons. The van der Waals surface area contributed by atoms with Gasteiger partial charge in [0, 0.05) is 49.5 Å². The fraction of sp³-hybridized carbons (Fsp3) is 0.294. The monoisotopic (exact) mass is 606 g/mol.